The molecule has 3 heterocycles. The van der Waals surface area contributed by atoms with Crippen LogP contribution in [0.25, 0.3) is 4.96 Å². The number of halogens is 1. The van der Waals surface area contributed by atoms with Gasteiger partial charge in [0.1, 0.15) is 5.82 Å². The molecule has 0 bridgehead atoms. The zero-order chi connectivity index (χ0) is 17.2. The molecular formula is C18H14FN3OS2. The normalized spacial score (nSPS) is 12.4. The van der Waals surface area contributed by atoms with E-state index in [2.05, 4.69) is 10.3 Å². The number of thiophene rings is 1. The van der Waals surface area contributed by atoms with E-state index >= 15 is 0 Å². The molecule has 4 nitrogen and oxygen atoms in total. The van der Waals surface area contributed by atoms with Gasteiger partial charge in [0.15, 0.2) is 4.96 Å². The number of hydrogen-bond donors (Lipinski definition) is 1. The Hall–Kier alpha value is -2.51. The summed E-state index contributed by atoms with van der Waals surface area (Å²) in [6.45, 7) is 0. The van der Waals surface area contributed by atoms with Crippen LogP contribution in [0.1, 0.15) is 22.2 Å². The Balaban J connectivity index is 1.54. The second-order valence-corrected chi connectivity index (χ2v) is 7.42. The predicted molar refractivity (Wildman–Crippen MR) is 97.5 cm³/mol. The average molecular weight is 371 g/mol. The quantitative estimate of drug-likeness (QED) is 0.575. The molecule has 4 aromatic rings. The molecule has 0 saturated carbocycles. The molecule has 1 aromatic carbocycles. The highest BCUT2D eigenvalue weighted by Gasteiger charge is 2.19. The molecule has 0 aliphatic rings. The first kappa shape index (κ1) is 16.0. The number of nitrogens with zero attached hydrogens (tertiary/aromatic N) is 2. The summed E-state index contributed by atoms with van der Waals surface area (Å²) >= 11 is 3.09. The second-order valence-electron chi connectivity index (χ2n) is 5.57. The minimum absolute atomic E-state index is 0.117. The van der Waals surface area contributed by atoms with E-state index < -0.39 is 0 Å². The number of carbonyl (C=O) groups excluding carboxylic acids is 1. The highest BCUT2D eigenvalue weighted by atomic mass is 32.1. The van der Waals surface area contributed by atoms with E-state index in [4.69, 9.17) is 0 Å². The highest BCUT2D eigenvalue weighted by Crippen LogP contribution is 2.26. The third kappa shape index (κ3) is 3.47. The zero-order valence-corrected chi connectivity index (χ0v) is 14.7. The van der Waals surface area contributed by atoms with E-state index in [1.54, 1.807) is 23.5 Å². The minimum atomic E-state index is -0.295. The number of amides is 1. The SMILES string of the molecule is O=C(Cc1cn2ccsc2n1)NC(c1ccc(F)cc1)c1cccs1. The first-order valence-electron chi connectivity index (χ1n) is 7.68. The Morgan fingerprint density at radius 3 is 2.76 bits per heavy atom. The van der Waals surface area contributed by atoms with Crippen LogP contribution >= 0.6 is 22.7 Å². The van der Waals surface area contributed by atoms with Gasteiger partial charge in [0.25, 0.3) is 0 Å². The Morgan fingerprint density at radius 2 is 2.04 bits per heavy atom. The lowest BCUT2D eigenvalue weighted by molar-refractivity contribution is -0.121. The standard InChI is InChI=1S/C18H14FN3OS2/c19-13-5-3-12(4-6-13)17(15-2-1-8-24-15)21-16(23)10-14-11-22-7-9-25-18(22)20-14/h1-9,11,17H,10H2,(H,21,23). The molecule has 0 radical (unpaired) electrons. The average Bonchev–Trinajstić information content (AvgIpc) is 3.31. The molecule has 0 aliphatic heterocycles. The monoisotopic (exact) mass is 371 g/mol. The van der Waals surface area contributed by atoms with Crippen molar-refractivity contribution in [2.45, 2.75) is 12.5 Å². The van der Waals surface area contributed by atoms with Gasteiger partial charge in [-0.25, -0.2) is 9.37 Å². The molecule has 3 aromatic heterocycles. The van der Waals surface area contributed by atoms with Gasteiger partial charge < -0.3 is 5.32 Å². The molecule has 1 N–H and O–H groups in total. The summed E-state index contributed by atoms with van der Waals surface area (Å²) in [6, 6.07) is 9.82. The molecule has 0 fully saturated rings. The third-order valence-corrected chi connectivity index (χ3v) is 5.53. The molecule has 25 heavy (non-hydrogen) atoms. The lowest BCUT2D eigenvalue weighted by Gasteiger charge is -2.18. The fourth-order valence-corrected chi connectivity index (χ4v) is 4.19. The summed E-state index contributed by atoms with van der Waals surface area (Å²) in [5.41, 5.74) is 1.58. The number of imidazole rings is 1. The van der Waals surface area contributed by atoms with E-state index in [9.17, 15) is 9.18 Å². The van der Waals surface area contributed by atoms with Crippen molar-refractivity contribution in [3.05, 3.63) is 81.5 Å². The maximum Gasteiger partial charge on any atom is 0.226 e. The maximum atomic E-state index is 13.2. The predicted octanol–water partition coefficient (Wildman–Crippen LogP) is 4.04. The highest BCUT2D eigenvalue weighted by molar-refractivity contribution is 7.15. The molecule has 1 atom stereocenters. The van der Waals surface area contributed by atoms with Gasteiger partial charge in [0, 0.05) is 22.7 Å². The largest absolute Gasteiger partial charge is 0.344 e. The minimum Gasteiger partial charge on any atom is -0.344 e. The van der Waals surface area contributed by atoms with Crippen LogP contribution in [0.3, 0.4) is 0 Å². The van der Waals surface area contributed by atoms with Crippen LogP contribution in [0.15, 0.2) is 59.6 Å². The lowest BCUT2D eigenvalue weighted by atomic mass is 10.0. The topological polar surface area (TPSA) is 46.4 Å². The molecular weight excluding hydrogens is 357 g/mol. The van der Waals surface area contributed by atoms with Crippen LogP contribution in [0.2, 0.25) is 0 Å². The van der Waals surface area contributed by atoms with Gasteiger partial charge in [-0.15, -0.1) is 22.7 Å². The van der Waals surface area contributed by atoms with Gasteiger partial charge in [0.05, 0.1) is 18.2 Å². The molecule has 126 valence electrons. The Labute approximate surface area is 151 Å². The molecule has 0 saturated heterocycles. The summed E-state index contributed by atoms with van der Waals surface area (Å²) in [4.78, 5) is 18.8. The fraction of sp³-hybridized carbons (Fsp3) is 0.111. The summed E-state index contributed by atoms with van der Waals surface area (Å²) in [5, 5.41) is 6.96. The van der Waals surface area contributed by atoms with Gasteiger partial charge in [0.2, 0.25) is 5.91 Å². The second kappa shape index (κ2) is 6.78. The van der Waals surface area contributed by atoms with Gasteiger partial charge in [-0.05, 0) is 29.1 Å². The third-order valence-electron chi connectivity index (χ3n) is 3.82. The van der Waals surface area contributed by atoms with Crippen LogP contribution in [-0.2, 0) is 11.2 Å². The maximum absolute atomic E-state index is 13.2. The van der Waals surface area contributed by atoms with Gasteiger partial charge in [-0.1, -0.05) is 18.2 Å². The number of nitrogens with one attached hydrogen (secondary N) is 1. The smallest absolute Gasteiger partial charge is 0.226 e. The van der Waals surface area contributed by atoms with Crippen molar-refractivity contribution in [1.82, 2.24) is 14.7 Å². The molecule has 7 heteroatoms. The van der Waals surface area contributed by atoms with Crippen LogP contribution in [0.4, 0.5) is 4.39 Å². The summed E-state index contributed by atoms with van der Waals surface area (Å²) < 4.78 is 15.1. The molecule has 0 spiro atoms. The number of carbonyl (C=O) groups is 1. The number of hydrogen-bond acceptors (Lipinski definition) is 4. The van der Waals surface area contributed by atoms with Crippen molar-refractivity contribution in [2.75, 3.05) is 0 Å². The van der Waals surface area contributed by atoms with Crippen molar-refractivity contribution in [2.24, 2.45) is 0 Å². The first-order valence-corrected chi connectivity index (χ1v) is 9.44. The van der Waals surface area contributed by atoms with Crippen LogP contribution in [0, 0.1) is 5.82 Å². The number of aromatic nitrogens is 2. The van der Waals surface area contributed by atoms with Gasteiger partial charge in [-0.2, -0.15) is 0 Å². The van der Waals surface area contributed by atoms with Crippen LogP contribution in [-0.4, -0.2) is 15.3 Å². The van der Waals surface area contributed by atoms with E-state index in [0.717, 1.165) is 21.1 Å². The number of benzene rings is 1. The molecule has 1 unspecified atom stereocenters. The number of rotatable bonds is 5. The molecule has 0 aliphatic carbocycles. The van der Waals surface area contributed by atoms with Crippen molar-refractivity contribution in [3.8, 4) is 0 Å². The van der Waals surface area contributed by atoms with E-state index in [0.29, 0.717) is 0 Å². The van der Waals surface area contributed by atoms with Crippen molar-refractivity contribution in [3.63, 3.8) is 0 Å². The van der Waals surface area contributed by atoms with Crippen LogP contribution in [0.5, 0.6) is 0 Å². The lowest BCUT2D eigenvalue weighted by Crippen LogP contribution is -2.30. The summed E-state index contributed by atoms with van der Waals surface area (Å²) in [6.07, 6.45) is 3.99. The summed E-state index contributed by atoms with van der Waals surface area (Å²) in [7, 11) is 0. The Bertz CT molecular complexity index is 961. The first-order chi connectivity index (χ1) is 12.2. The molecule has 4 rings (SSSR count). The van der Waals surface area contributed by atoms with E-state index in [1.807, 2.05) is 39.7 Å². The van der Waals surface area contributed by atoms with E-state index in [1.165, 1.54) is 23.5 Å². The summed E-state index contributed by atoms with van der Waals surface area (Å²) in [5.74, 6) is -0.411. The van der Waals surface area contributed by atoms with Crippen molar-refractivity contribution < 1.29 is 9.18 Å². The Morgan fingerprint density at radius 1 is 1.20 bits per heavy atom. The van der Waals surface area contributed by atoms with Gasteiger partial charge >= 0.3 is 0 Å². The number of thiazole rings is 1. The van der Waals surface area contributed by atoms with Crippen molar-refractivity contribution in [1.29, 1.82) is 0 Å². The van der Waals surface area contributed by atoms with Crippen LogP contribution < -0.4 is 5.32 Å². The zero-order valence-electron chi connectivity index (χ0n) is 13.1. The van der Waals surface area contributed by atoms with E-state index in [-0.39, 0.29) is 24.2 Å². The number of fused-ring (bicyclic) bond motifs is 1. The fourth-order valence-electron chi connectivity index (χ4n) is 2.67. The van der Waals surface area contributed by atoms with Crippen molar-refractivity contribution >= 4 is 33.5 Å². The Kier molecular flexibility index (Phi) is 4.33. The van der Waals surface area contributed by atoms with Gasteiger partial charge in [-0.3, -0.25) is 9.20 Å². The molecule has 1 amide bonds.